The highest BCUT2D eigenvalue weighted by Gasteiger charge is 2.51. The van der Waals surface area contributed by atoms with Crippen molar-refractivity contribution in [2.24, 2.45) is 11.1 Å². The van der Waals surface area contributed by atoms with Gasteiger partial charge in [0.25, 0.3) is 11.6 Å². The summed E-state index contributed by atoms with van der Waals surface area (Å²) in [5.41, 5.74) is 10.3. The van der Waals surface area contributed by atoms with Crippen LogP contribution in [0.5, 0.6) is 11.6 Å². The molecule has 1 saturated carbocycles. The molecule has 2 aromatic heterocycles. The van der Waals surface area contributed by atoms with E-state index in [1.54, 1.807) is 18.3 Å². The minimum atomic E-state index is -4.79. The Bertz CT molecular complexity index is 3020. The van der Waals surface area contributed by atoms with E-state index >= 15 is 8.42 Å². The predicted molar refractivity (Wildman–Crippen MR) is 265 cm³/mol. The summed E-state index contributed by atoms with van der Waals surface area (Å²) in [6.45, 7) is 8.39. The number of carbonyl (C=O) groups is 1. The zero-order chi connectivity index (χ0) is 48.8. The first kappa shape index (κ1) is 46.1. The molecule has 8 heterocycles. The van der Waals surface area contributed by atoms with E-state index in [0.29, 0.717) is 74.4 Å². The van der Waals surface area contributed by atoms with E-state index in [4.69, 9.17) is 34.4 Å². The number of benzene rings is 3. The summed E-state index contributed by atoms with van der Waals surface area (Å²) >= 11 is 0. The summed E-state index contributed by atoms with van der Waals surface area (Å²) in [5.74, 6) is -0.159. The van der Waals surface area contributed by atoms with Gasteiger partial charge in [-0.3, -0.25) is 19.8 Å². The number of fused-ring (bicyclic) bond motifs is 4. The molecule has 0 radical (unpaired) electrons. The molecular weight excluding hydrogens is 929 g/mol. The number of nitro benzene ring substituents is 1. The van der Waals surface area contributed by atoms with Crippen LogP contribution in [-0.4, -0.2) is 124 Å². The highest BCUT2D eigenvalue weighted by atomic mass is 32.2. The number of aromatic nitrogens is 2. The van der Waals surface area contributed by atoms with E-state index in [1.807, 2.05) is 17.0 Å². The van der Waals surface area contributed by atoms with Gasteiger partial charge in [-0.15, -0.1) is 0 Å². The summed E-state index contributed by atoms with van der Waals surface area (Å²) in [4.78, 5) is 40.4. The van der Waals surface area contributed by atoms with E-state index in [1.165, 1.54) is 23.6 Å². The molecule has 7 aliphatic rings. The third-order valence-electron chi connectivity index (χ3n) is 16.3. The molecule has 4 saturated heterocycles. The van der Waals surface area contributed by atoms with Gasteiger partial charge >= 0.3 is 0 Å². The van der Waals surface area contributed by atoms with Crippen molar-refractivity contribution >= 4 is 55.2 Å². The number of nitro groups is 1. The van der Waals surface area contributed by atoms with Crippen molar-refractivity contribution in [2.45, 2.75) is 111 Å². The van der Waals surface area contributed by atoms with E-state index in [0.717, 1.165) is 50.1 Å². The molecule has 1 amide bonds. The number of hydrogen-bond acceptors (Lipinski definition) is 15. The van der Waals surface area contributed by atoms with Gasteiger partial charge in [0.1, 0.15) is 35.0 Å². The number of piperidine rings is 1. The summed E-state index contributed by atoms with van der Waals surface area (Å²) in [5, 5.41) is 17.0. The predicted octanol–water partition coefficient (Wildman–Crippen LogP) is 7.39. The lowest BCUT2D eigenvalue weighted by molar-refractivity contribution is -0.384. The van der Waals surface area contributed by atoms with Crippen LogP contribution in [0.2, 0.25) is 0 Å². The largest absolute Gasteiger partial charge is 0.489 e. The maximum absolute atomic E-state index is 16.1. The third-order valence-corrected chi connectivity index (χ3v) is 18.1. The molecule has 4 N–H and O–H groups in total. The lowest BCUT2D eigenvalue weighted by atomic mass is 9.59. The number of hydrogen-bond donors (Lipinski definition) is 3. The van der Waals surface area contributed by atoms with Crippen molar-refractivity contribution < 1.29 is 41.8 Å². The molecule has 18 nitrogen and oxygen atoms in total. The molecule has 6 aliphatic heterocycles. The monoisotopic (exact) mass is 988 g/mol. The minimum Gasteiger partial charge on any atom is -0.489 e. The Labute approximate surface area is 412 Å². The first-order chi connectivity index (χ1) is 34.4. The van der Waals surface area contributed by atoms with Gasteiger partial charge in [0.15, 0.2) is 11.4 Å². The fraction of sp³-hybridized carbons (Fsp3) is 0.500. The Morgan fingerprint density at radius 2 is 1.75 bits per heavy atom. The molecule has 0 bridgehead atoms. The second-order valence-electron chi connectivity index (χ2n) is 20.7. The molecule has 19 heteroatoms. The number of nitrogens with zero attached hydrogens (tertiary/aromatic N) is 5. The number of pyridine rings is 1. The number of carbonyl (C=O) groups excluding carboxylic acids is 1. The summed E-state index contributed by atoms with van der Waals surface area (Å²) in [6.07, 6.45) is 7.30. The Balaban J connectivity index is 0.949. The lowest BCUT2D eigenvalue weighted by Crippen LogP contribution is -2.55. The topological polar surface area (TPSA) is 217 Å². The van der Waals surface area contributed by atoms with Crippen molar-refractivity contribution in [3.05, 3.63) is 93.7 Å². The van der Waals surface area contributed by atoms with Crippen molar-refractivity contribution in [2.75, 3.05) is 74.4 Å². The Morgan fingerprint density at radius 1 is 0.944 bits per heavy atom. The van der Waals surface area contributed by atoms with Crippen molar-refractivity contribution in [3.63, 3.8) is 0 Å². The SMILES string of the molecule is CC(C)c1ccccc1[C@@H]1CCCN1C1CC2(CCN(c3ccc(C(N)=O)c(N4c5cc6cc[nH]c6nc5O[C@@H]5COCC[C@H]54)c3S(=O)(=O)c3cc4c(c([N+](=O)[O-])c3)N[C@@H]([C@H]3COCCO3)CO4)CC2)C1. The number of anilines is 4. The van der Waals surface area contributed by atoms with E-state index in [2.05, 4.69) is 58.2 Å². The van der Waals surface area contributed by atoms with E-state index in [9.17, 15) is 14.9 Å². The van der Waals surface area contributed by atoms with E-state index < -0.39 is 50.6 Å². The minimum absolute atomic E-state index is 0.00700. The molecule has 5 fully saturated rings. The maximum Gasteiger partial charge on any atom is 0.297 e. The van der Waals surface area contributed by atoms with Crippen LogP contribution in [0.1, 0.15) is 92.2 Å². The second kappa shape index (κ2) is 17.9. The van der Waals surface area contributed by atoms with Gasteiger partial charge in [-0.1, -0.05) is 38.1 Å². The summed E-state index contributed by atoms with van der Waals surface area (Å²) < 4.78 is 62.4. The fourth-order valence-corrected chi connectivity index (χ4v) is 14.4. The molecule has 5 aromatic rings. The Morgan fingerprint density at radius 3 is 2.52 bits per heavy atom. The smallest absolute Gasteiger partial charge is 0.297 e. The number of ether oxygens (including phenoxy) is 5. The average molecular weight is 989 g/mol. The average Bonchev–Trinajstić information content (AvgIpc) is 4.06. The number of primary amides is 1. The summed E-state index contributed by atoms with van der Waals surface area (Å²) in [7, 11) is -4.79. The maximum atomic E-state index is 16.1. The first-order valence-electron chi connectivity index (χ1n) is 25.1. The van der Waals surface area contributed by atoms with Gasteiger partial charge in [-0.25, -0.2) is 8.42 Å². The quantitative estimate of drug-likeness (QED) is 0.0919. The van der Waals surface area contributed by atoms with Gasteiger partial charge in [-0.2, -0.15) is 4.98 Å². The standard InChI is InChI=1S/C52H60N8O10S/c1-30(2)34-6-3-4-7-35(34)38-8-5-16-58(38)32-25-52(26-32)13-17-57(18-14-52)40-10-9-36(49(53)61)47(59-39-12-19-66-29-45(39)70-51-42(59)22-31-11-15-54-50(31)56-51)48(40)71(64,65)33-23-41(60(62)63)46-43(24-33)69-27-37(55-46)44-28-67-20-21-68-44/h3-4,6-7,9-11,15,22-24,30,32,37-39,44-45,55H,5,8,12-14,16-21,25-29H2,1-2H3,(H2,53,61)(H,54,56)/t37-,38+,39-,44-,45-/m1/s1. The van der Waals surface area contributed by atoms with Crippen molar-refractivity contribution in [1.29, 1.82) is 0 Å². The molecular formula is C52H60N8O10S. The third kappa shape index (κ3) is 7.95. The number of amides is 1. The normalized spacial score (nSPS) is 25.4. The number of nitrogens with two attached hydrogens (primary N) is 1. The first-order valence-corrected chi connectivity index (χ1v) is 26.6. The van der Waals surface area contributed by atoms with Crippen LogP contribution in [0, 0.1) is 15.5 Å². The number of rotatable bonds is 10. The van der Waals surface area contributed by atoms with Crippen LogP contribution in [0.3, 0.4) is 0 Å². The van der Waals surface area contributed by atoms with Gasteiger partial charge < -0.3 is 49.5 Å². The lowest BCUT2D eigenvalue weighted by Gasteiger charge is -2.56. The van der Waals surface area contributed by atoms with Crippen LogP contribution < -0.4 is 30.3 Å². The molecule has 0 unspecified atom stereocenters. The molecule has 5 atom stereocenters. The van der Waals surface area contributed by atoms with Gasteiger partial charge in [0.2, 0.25) is 15.7 Å². The van der Waals surface area contributed by atoms with Crippen LogP contribution >= 0.6 is 0 Å². The summed E-state index contributed by atoms with van der Waals surface area (Å²) in [6, 6.07) is 18.2. The number of likely N-dealkylation sites (tertiary alicyclic amines) is 1. The number of nitrogens with one attached hydrogen (secondary N) is 2. The Kier molecular flexibility index (Phi) is 11.7. The van der Waals surface area contributed by atoms with Crippen LogP contribution in [0.15, 0.2) is 76.7 Å². The zero-order valence-corrected chi connectivity index (χ0v) is 40.8. The van der Waals surface area contributed by atoms with Crippen LogP contribution in [-0.2, 0) is 24.0 Å². The van der Waals surface area contributed by atoms with Crippen molar-refractivity contribution in [1.82, 2.24) is 14.9 Å². The highest BCUT2D eigenvalue weighted by Crippen LogP contribution is 2.56. The fourth-order valence-electron chi connectivity index (χ4n) is 12.7. The van der Waals surface area contributed by atoms with E-state index in [-0.39, 0.29) is 63.6 Å². The molecule has 71 heavy (non-hydrogen) atoms. The molecule has 3 aromatic carbocycles. The molecule has 12 rings (SSSR count). The van der Waals surface area contributed by atoms with Crippen LogP contribution in [0.25, 0.3) is 11.0 Å². The second-order valence-corrected chi connectivity index (χ2v) is 22.6. The van der Waals surface area contributed by atoms with Gasteiger partial charge in [0.05, 0.1) is 65.3 Å². The molecule has 374 valence electrons. The number of aromatic amines is 1. The highest BCUT2D eigenvalue weighted by molar-refractivity contribution is 7.91. The molecule has 1 spiro atoms. The van der Waals surface area contributed by atoms with Gasteiger partial charge in [0, 0.05) is 55.5 Å². The molecule has 1 aliphatic carbocycles. The number of H-pyrrole nitrogens is 1. The van der Waals surface area contributed by atoms with Crippen molar-refractivity contribution in [3.8, 4) is 11.6 Å². The van der Waals surface area contributed by atoms with Crippen LogP contribution in [0.4, 0.5) is 28.4 Å². The number of sulfone groups is 1. The van der Waals surface area contributed by atoms with Gasteiger partial charge in [-0.05, 0) is 98.2 Å². The Hall–Kier alpha value is -5.99. The zero-order valence-electron chi connectivity index (χ0n) is 40.0.